The third kappa shape index (κ3) is 4.50. The zero-order valence-electron chi connectivity index (χ0n) is 10.9. The summed E-state index contributed by atoms with van der Waals surface area (Å²) in [6.45, 7) is 5.01. The highest BCUT2D eigenvalue weighted by Gasteiger charge is 2.02. The number of hydrogen-bond acceptors (Lipinski definition) is 5. The van der Waals surface area contributed by atoms with Crippen LogP contribution in [0.5, 0.6) is 0 Å². The molecule has 19 heavy (non-hydrogen) atoms. The lowest BCUT2D eigenvalue weighted by Gasteiger charge is -2.07. The Labute approximate surface area is 115 Å². The van der Waals surface area contributed by atoms with Crippen LogP contribution in [0, 0.1) is 0 Å². The fourth-order valence-corrected chi connectivity index (χ4v) is 2.11. The highest BCUT2D eigenvalue weighted by molar-refractivity contribution is 7.99. The molecule has 0 spiro atoms. The van der Waals surface area contributed by atoms with Crippen LogP contribution in [-0.4, -0.2) is 21.0 Å². The Kier molecular flexibility index (Phi) is 4.70. The summed E-state index contributed by atoms with van der Waals surface area (Å²) in [5.41, 5.74) is 0.975. The largest absolute Gasteiger partial charge is 0.310 e. The van der Waals surface area contributed by atoms with Crippen molar-refractivity contribution in [3.63, 3.8) is 0 Å². The van der Waals surface area contributed by atoms with E-state index in [0.29, 0.717) is 11.2 Å². The van der Waals surface area contributed by atoms with E-state index in [1.54, 1.807) is 0 Å². The molecule has 2 rings (SSSR count). The number of hydrogen-bond donors (Lipinski definition) is 2. The van der Waals surface area contributed by atoms with Gasteiger partial charge < -0.3 is 10.3 Å². The van der Waals surface area contributed by atoms with Crippen LogP contribution < -0.4 is 10.9 Å². The maximum atomic E-state index is 11.1. The van der Waals surface area contributed by atoms with Crippen LogP contribution in [0.25, 0.3) is 0 Å². The molecule has 0 radical (unpaired) electrons. The summed E-state index contributed by atoms with van der Waals surface area (Å²) in [5.74, 6) is 0. The Morgan fingerprint density at radius 2 is 2.16 bits per heavy atom. The van der Waals surface area contributed by atoms with Crippen LogP contribution in [0.15, 0.2) is 45.6 Å². The molecular formula is C13H16N4OS. The highest BCUT2D eigenvalue weighted by Crippen LogP contribution is 2.20. The zero-order chi connectivity index (χ0) is 13.7. The molecule has 0 fully saturated rings. The van der Waals surface area contributed by atoms with Gasteiger partial charge in [0.1, 0.15) is 5.03 Å². The van der Waals surface area contributed by atoms with Crippen molar-refractivity contribution in [1.29, 1.82) is 0 Å². The van der Waals surface area contributed by atoms with Gasteiger partial charge in [0.05, 0.1) is 0 Å². The summed E-state index contributed by atoms with van der Waals surface area (Å²) in [4.78, 5) is 22.2. The molecule has 0 unspecified atom stereocenters. The monoisotopic (exact) mass is 276 g/mol. The zero-order valence-corrected chi connectivity index (χ0v) is 11.7. The number of aromatic amines is 1. The van der Waals surface area contributed by atoms with Crippen LogP contribution >= 0.6 is 11.8 Å². The summed E-state index contributed by atoms with van der Waals surface area (Å²) in [5, 5.41) is 4.69. The number of aromatic nitrogens is 3. The molecule has 0 aliphatic carbocycles. The second kappa shape index (κ2) is 6.49. The molecule has 0 amide bonds. The number of rotatable bonds is 5. The summed E-state index contributed by atoms with van der Waals surface area (Å²) in [7, 11) is 0. The van der Waals surface area contributed by atoms with E-state index in [9.17, 15) is 4.79 Å². The maximum Gasteiger partial charge on any atom is 0.251 e. The molecule has 0 aromatic carbocycles. The summed E-state index contributed by atoms with van der Waals surface area (Å²) >= 11 is 1.34. The van der Waals surface area contributed by atoms with Gasteiger partial charge in [-0.25, -0.2) is 9.97 Å². The molecule has 100 valence electrons. The smallest absolute Gasteiger partial charge is 0.251 e. The van der Waals surface area contributed by atoms with Gasteiger partial charge in [0.25, 0.3) is 5.56 Å². The van der Waals surface area contributed by atoms with Gasteiger partial charge in [-0.05, 0) is 23.4 Å². The molecule has 2 aromatic heterocycles. The fraction of sp³-hybridized carbons (Fsp3) is 0.308. The van der Waals surface area contributed by atoms with Crippen molar-refractivity contribution < 1.29 is 0 Å². The van der Waals surface area contributed by atoms with Gasteiger partial charge in [-0.15, -0.1) is 0 Å². The van der Waals surface area contributed by atoms with E-state index in [1.807, 2.05) is 18.3 Å². The molecule has 0 aliphatic rings. The van der Waals surface area contributed by atoms with Crippen LogP contribution in [0.4, 0.5) is 0 Å². The van der Waals surface area contributed by atoms with Crippen molar-refractivity contribution in [2.75, 3.05) is 0 Å². The van der Waals surface area contributed by atoms with E-state index in [1.165, 1.54) is 24.0 Å². The summed E-state index contributed by atoms with van der Waals surface area (Å²) in [6, 6.07) is 5.78. The van der Waals surface area contributed by atoms with E-state index >= 15 is 0 Å². The third-order valence-electron chi connectivity index (χ3n) is 2.36. The first kappa shape index (κ1) is 13.8. The number of nitrogens with zero attached hydrogens (tertiary/aromatic N) is 2. The molecule has 2 heterocycles. The van der Waals surface area contributed by atoms with E-state index in [4.69, 9.17) is 0 Å². The molecule has 5 nitrogen and oxygen atoms in total. The van der Waals surface area contributed by atoms with Crippen molar-refractivity contribution in [3.05, 3.63) is 46.5 Å². The first-order valence-electron chi connectivity index (χ1n) is 6.05. The lowest BCUT2D eigenvalue weighted by atomic mass is 10.2. The van der Waals surface area contributed by atoms with Crippen LogP contribution in [0.2, 0.25) is 0 Å². The van der Waals surface area contributed by atoms with E-state index in [-0.39, 0.29) is 5.56 Å². The molecule has 2 N–H and O–H groups in total. The lowest BCUT2D eigenvalue weighted by molar-refractivity contribution is 0.587. The Morgan fingerprint density at radius 1 is 1.32 bits per heavy atom. The van der Waals surface area contributed by atoms with Gasteiger partial charge in [-0.3, -0.25) is 4.79 Å². The predicted molar refractivity (Wildman–Crippen MR) is 75.2 cm³/mol. The number of nitrogens with one attached hydrogen (secondary N) is 2. The van der Waals surface area contributed by atoms with Crippen molar-refractivity contribution >= 4 is 11.8 Å². The maximum absolute atomic E-state index is 11.1. The Bertz CT molecular complexity index is 580. The minimum Gasteiger partial charge on any atom is -0.310 e. The first-order valence-corrected chi connectivity index (χ1v) is 6.86. The lowest BCUT2D eigenvalue weighted by Crippen LogP contribution is -2.21. The second-order valence-corrected chi connectivity index (χ2v) is 5.39. The molecule has 6 heteroatoms. The van der Waals surface area contributed by atoms with E-state index < -0.39 is 0 Å². The van der Waals surface area contributed by atoms with Crippen LogP contribution in [0.1, 0.15) is 19.4 Å². The molecule has 0 bridgehead atoms. The van der Waals surface area contributed by atoms with Gasteiger partial charge in [-0.1, -0.05) is 19.9 Å². The minimum absolute atomic E-state index is 0.157. The van der Waals surface area contributed by atoms with Crippen LogP contribution in [0.3, 0.4) is 0 Å². The topological polar surface area (TPSA) is 70.7 Å². The number of pyridine rings is 1. The van der Waals surface area contributed by atoms with Gasteiger partial charge in [0.15, 0.2) is 5.16 Å². The van der Waals surface area contributed by atoms with Gasteiger partial charge >= 0.3 is 0 Å². The average Bonchev–Trinajstić information content (AvgIpc) is 2.38. The molecule has 0 atom stereocenters. The quantitative estimate of drug-likeness (QED) is 0.815. The van der Waals surface area contributed by atoms with Crippen molar-refractivity contribution in [2.45, 2.75) is 36.6 Å². The Morgan fingerprint density at radius 3 is 2.79 bits per heavy atom. The average molecular weight is 276 g/mol. The molecular weight excluding hydrogens is 260 g/mol. The predicted octanol–water partition coefficient (Wildman–Crippen LogP) is 1.81. The van der Waals surface area contributed by atoms with E-state index in [0.717, 1.165) is 17.1 Å². The third-order valence-corrected chi connectivity index (χ3v) is 3.21. The molecule has 0 saturated carbocycles. The van der Waals surface area contributed by atoms with Crippen LogP contribution in [-0.2, 0) is 6.54 Å². The summed E-state index contributed by atoms with van der Waals surface area (Å²) < 4.78 is 0. The van der Waals surface area contributed by atoms with Crippen molar-refractivity contribution in [1.82, 2.24) is 20.3 Å². The highest BCUT2D eigenvalue weighted by atomic mass is 32.2. The molecule has 2 aromatic rings. The Hall–Kier alpha value is -1.66. The first-order chi connectivity index (χ1) is 9.13. The SMILES string of the molecule is CC(C)NCc1ccc(Sc2nccc(=O)[nH]2)nc1. The minimum atomic E-state index is -0.157. The summed E-state index contributed by atoms with van der Waals surface area (Å²) in [6.07, 6.45) is 3.32. The fourth-order valence-electron chi connectivity index (χ4n) is 1.40. The molecule has 0 saturated heterocycles. The number of H-pyrrole nitrogens is 1. The van der Waals surface area contributed by atoms with Gasteiger partial charge in [-0.2, -0.15) is 0 Å². The van der Waals surface area contributed by atoms with E-state index in [2.05, 4.69) is 34.1 Å². The van der Waals surface area contributed by atoms with Crippen molar-refractivity contribution in [2.24, 2.45) is 0 Å². The van der Waals surface area contributed by atoms with Crippen molar-refractivity contribution in [3.8, 4) is 0 Å². The van der Waals surface area contributed by atoms with Gasteiger partial charge in [0.2, 0.25) is 0 Å². The second-order valence-electron chi connectivity index (χ2n) is 4.38. The normalized spacial score (nSPS) is 10.9. The Balaban J connectivity index is 2.00. The van der Waals surface area contributed by atoms with Gasteiger partial charge in [0, 0.05) is 31.0 Å². The standard InChI is InChI=1S/C13H16N4OS/c1-9(2)15-7-10-3-4-12(16-8-10)19-13-14-6-5-11(18)17-13/h3-6,8-9,15H,7H2,1-2H3,(H,14,17,18). The molecule has 0 aliphatic heterocycles.